The van der Waals surface area contributed by atoms with E-state index in [4.69, 9.17) is 16.3 Å². The van der Waals surface area contributed by atoms with Crippen LogP contribution in [0.15, 0.2) is 42.5 Å². The molecule has 1 fully saturated rings. The predicted octanol–water partition coefficient (Wildman–Crippen LogP) is 4.04. The van der Waals surface area contributed by atoms with Gasteiger partial charge in [0.05, 0.1) is 28.9 Å². The largest absolute Gasteiger partial charge is 0.492 e. The van der Waals surface area contributed by atoms with Crippen molar-refractivity contribution < 1.29 is 14.3 Å². The lowest BCUT2D eigenvalue weighted by molar-refractivity contribution is -0.122. The predicted molar refractivity (Wildman–Crippen MR) is 103 cm³/mol. The number of nitrogens with one attached hydrogen (secondary N) is 1. The molecule has 1 aliphatic rings. The van der Waals surface area contributed by atoms with E-state index in [1.54, 1.807) is 17.0 Å². The summed E-state index contributed by atoms with van der Waals surface area (Å²) in [5.74, 6) is -0.0895. The second kappa shape index (κ2) is 7.79. The average molecular weight is 373 g/mol. The van der Waals surface area contributed by atoms with Gasteiger partial charge in [0.2, 0.25) is 11.8 Å². The number of hydrogen-bond donors (Lipinski definition) is 1. The fourth-order valence-corrected chi connectivity index (χ4v) is 3.31. The topological polar surface area (TPSA) is 58.6 Å². The van der Waals surface area contributed by atoms with Gasteiger partial charge in [-0.15, -0.1) is 0 Å². The third kappa shape index (κ3) is 3.83. The smallest absolute Gasteiger partial charge is 0.229 e. The summed E-state index contributed by atoms with van der Waals surface area (Å²) < 4.78 is 5.60. The zero-order valence-corrected chi connectivity index (χ0v) is 15.5. The Bertz CT molecular complexity index is 838. The van der Waals surface area contributed by atoms with Gasteiger partial charge in [-0.05, 0) is 43.7 Å². The van der Waals surface area contributed by atoms with Crippen LogP contribution >= 0.6 is 11.6 Å². The lowest BCUT2D eigenvalue weighted by atomic mass is 10.1. The highest BCUT2D eigenvalue weighted by molar-refractivity contribution is 6.33. The van der Waals surface area contributed by atoms with Crippen molar-refractivity contribution in [2.24, 2.45) is 5.92 Å². The molecule has 2 amide bonds. The summed E-state index contributed by atoms with van der Waals surface area (Å²) in [6, 6.07) is 12.8. The summed E-state index contributed by atoms with van der Waals surface area (Å²) in [6.45, 7) is 4.65. The van der Waals surface area contributed by atoms with Crippen LogP contribution in [0.3, 0.4) is 0 Å². The number of anilines is 2. The van der Waals surface area contributed by atoms with Crippen LogP contribution in [-0.2, 0) is 9.59 Å². The highest BCUT2D eigenvalue weighted by atomic mass is 35.5. The minimum atomic E-state index is -0.436. The number of amides is 2. The molecule has 0 aromatic heterocycles. The summed E-state index contributed by atoms with van der Waals surface area (Å²) in [4.78, 5) is 26.7. The normalized spacial score (nSPS) is 16.7. The molecular formula is C20H21ClN2O3. The highest BCUT2D eigenvalue weighted by Crippen LogP contribution is 2.33. The Hall–Kier alpha value is -2.53. The first kappa shape index (κ1) is 18.3. The molecule has 6 heteroatoms. The minimum Gasteiger partial charge on any atom is -0.492 e. The molecule has 0 unspecified atom stereocenters. The van der Waals surface area contributed by atoms with Crippen molar-refractivity contribution in [2.75, 3.05) is 23.4 Å². The van der Waals surface area contributed by atoms with Crippen LogP contribution in [-0.4, -0.2) is 25.0 Å². The van der Waals surface area contributed by atoms with E-state index in [2.05, 4.69) is 5.32 Å². The maximum atomic E-state index is 12.6. The molecule has 0 spiro atoms. The molecule has 2 aromatic rings. The molecule has 26 heavy (non-hydrogen) atoms. The van der Waals surface area contributed by atoms with Crippen molar-refractivity contribution in [1.29, 1.82) is 0 Å². The molecule has 1 atom stereocenters. The van der Waals surface area contributed by atoms with Gasteiger partial charge in [0.1, 0.15) is 5.75 Å². The maximum Gasteiger partial charge on any atom is 0.229 e. The van der Waals surface area contributed by atoms with E-state index in [1.807, 2.05) is 44.2 Å². The number of halogens is 1. The van der Waals surface area contributed by atoms with Crippen molar-refractivity contribution >= 4 is 34.8 Å². The standard InChI is InChI=1S/C20H21ClN2O3/c1-3-26-18-7-5-4-6-17(18)23-12-14(11-19(23)24)20(25)22-16-9-8-13(2)10-15(16)21/h4-10,14H,3,11-12H2,1-2H3,(H,22,25)/t14-/m1/s1. The average Bonchev–Trinajstić information content (AvgIpc) is 3.00. The van der Waals surface area contributed by atoms with E-state index in [9.17, 15) is 9.59 Å². The van der Waals surface area contributed by atoms with Crippen molar-refractivity contribution in [2.45, 2.75) is 20.3 Å². The molecule has 2 aromatic carbocycles. The van der Waals surface area contributed by atoms with Gasteiger partial charge in [-0.25, -0.2) is 0 Å². The Morgan fingerprint density at radius 2 is 2.08 bits per heavy atom. The van der Waals surface area contributed by atoms with E-state index in [-0.39, 0.29) is 18.2 Å². The van der Waals surface area contributed by atoms with E-state index in [0.717, 1.165) is 5.56 Å². The Morgan fingerprint density at radius 1 is 1.31 bits per heavy atom. The molecule has 1 heterocycles. The zero-order valence-electron chi connectivity index (χ0n) is 14.8. The zero-order chi connectivity index (χ0) is 18.7. The van der Waals surface area contributed by atoms with Crippen molar-refractivity contribution in [3.8, 4) is 5.75 Å². The lowest BCUT2D eigenvalue weighted by Crippen LogP contribution is -2.28. The number of carbonyl (C=O) groups excluding carboxylic acids is 2. The van der Waals surface area contributed by atoms with Gasteiger partial charge in [-0.3, -0.25) is 9.59 Å². The fourth-order valence-electron chi connectivity index (χ4n) is 3.03. The second-order valence-electron chi connectivity index (χ2n) is 6.28. The highest BCUT2D eigenvalue weighted by Gasteiger charge is 2.36. The van der Waals surface area contributed by atoms with Gasteiger partial charge in [0.15, 0.2) is 0 Å². The minimum absolute atomic E-state index is 0.0905. The molecule has 1 aliphatic heterocycles. The van der Waals surface area contributed by atoms with Crippen LogP contribution in [0.25, 0.3) is 0 Å². The molecule has 0 saturated carbocycles. The molecule has 0 radical (unpaired) electrons. The number of nitrogens with zero attached hydrogens (tertiary/aromatic N) is 1. The SMILES string of the molecule is CCOc1ccccc1N1C[C@H](C(=O)Nc2ccc(C)cc2Cl)CC1=O. The van der Waals surface area contributed by atoms with Crippen molar-refractivity contribution in [1.82, 2.24) is 0 Å². The summed E-state index contributed by atoms with van der Waals surface area (Å²) in [7, 11) is 0. The van der Waals surface area contributed by atoms with E-state index in [0.29, 0.717) is 35.3 Å². The van der Waals surface area contributed by atoms with Crippen LogP contribution < -0.4 is 15.0 Å². The number of para-hydroxylation sites is 2. The molecule has 3 rings (SSSR count). The molecule has 1 N–H and O–H groups in total. The first-order valence-corrected chi connectivity index (χ1v) is 8.96. The van der Waals surface area contributed by atoms with Crippen LogP contribution in [0.4, 0.5) is 11.4 Å². The molecular weight excluding hydrogens is 352 g/mol. The maximum absolute atomic E-state index is 12.6. The van der Waals surface area contributed by atoms with Gasteiger partial charge in [-0.1, -0.05) is 29.8 Å². The summed E-state index contributed by atoms with van der Waals surface area (Å²) in [5, 5.41) is 3.32. The van der Waals surface area contributed by atoms with E-state index >= 15 is 0 Å². The van der Waals surface area contributed by atoms with E-state index in [1.165, 1.54) is 0 Å². The van der Waals surface area contributed by atoms with Gasteiger partial charge < -0.3 is 15.0 Å². The van der Waals surface area contributed by atoms with Crippen LogP contribution in [0.2, 0.25) is 5.02 Å². The van der Waals surface area contributed by atoms with Gasteiger partial charge in [0, 0.05) is 13.0 Å². The van der Waals surface area contributed by atoms with E-state index < -0.39 is 5.92 Å². The third-order valence-electron chi connectivity index (χ3n) is 4.33. The van der Waals surface area contributed by atoms with Crippen LogP contribution in [0.1, 0.15) is 18.9 Å². The number of hydrogen-bond acceptors (Lipinski definition) is 3. The number of rotatable bonds is 5. The quantitative estimate of drug-likeness (QED) is 0.861. The van der Waals surface area contributed by atoms with Crippen LogP contribution in [0, 0.1) is 12.8 Å². The Morgan fingerprint density at radius 3 is 2.81 bits per heavy atom. The number of benzene rings is 2. The monoisotopic (exact) mass is 372 g/mol. The molecule has 5 nitrogen and oxygen atoms in total. The summed E-state index contributed by atoms with van der Waals surface area (Å²) in [6.07, 6.45) is 0.162. The number of carbonyl (C=O) groups is 2. The Kier molecular flexibility index (Phi) is 5.47. The summed E-state index contributed by atoms with van der Waals surface area (Å²) >= 11 is 6.18. The van der Waals surface area contributed by atoms with Crippen molar-refractivity contribution in [3.05, 3.63) is 53.1 Å². The number of aryl methyl sites for hydroxylation is 1. The van der Waals surface area contributed by atoms with Crippen LogP contribution in [0.5, 0.6) is 5.75 Å². The Labute approximate surface area is 157 Å². The second-order valence-corrected chi connectivity index (χ2v) is 6.69. The Balaban J connectivity index is 1.74. The number of ether oxygens (including phenoxy) is 1. The summed E-state index contributed by atoms with van der Waals surface area (Å²) in [5.41, 5.74) is 2.27. The van der Waals surface area contributed by atoms with Gasteiger partial charge in [0.25, 0.3) is 0 Å². The van der Waals surface area contributed by atoms with Crippen molar-refractivity contribution in [3.63, 3.8) is 0 Å². The lowest BCUT2D eigenvalue weighted by Gasteiger charge is -2.20. The van der Waals surface area contributed by atoms with Gasteiger partial charge >= 0.3 is 0 Å². The first-order valence-electron chi connectivity index (χ1n) is 8.58. The first-order chi connectivity index (χ1) is 12.5. The molecule has 1 saturated heterocycles. The third-order valence-corrected chi connectivity index (χ3v) is 4.65. The fraction of sp³-hybridized carbons (Fsp3) is 0.300. The molecule has 136 valence electrons. The van der Waals surface area contributed by atoms with Gasteiger partial charge in [-0.2, -0.15) is 0 Å². The molecule has 0 aliphatic carbocycles. The molecule has 0 bridgehead atoms.